The van der Waals surface area contributed by atoms with Crippen molar-refractivity contribution in [1.82, 2.24) is 19.8 Å². The zero-order chi connectivity index (χ0) is 22.8. The average Bonchev–Trinajstić information content (AvgIpc) is 2.99. The van der Waals surface area contributed by atoms with E-state index >= 15 is 0 Å². The van der Waals surface area contributed by atoms with Gasteiger partial charge in [-0.1, -0.05) is 23.7 Å². The summed E-state index contributed by atoms with van der Waals surface area (Å²) in [6, 6.07) is 11.3. The molecule has 0 saturated carbocycles. The smallest absolute Gasteiger partial charge is 0.312 e. The van der Waals surface area contributed by atoms with E-state index in [1.54, 1.807) is 23.7 Å². The van der Waals surface area contributed by atoms with Crippen LogP contribution in [0.2, 0.25) is 5.02 Å². The Morgan fingerprint density at radius 3 is 2.19 bits per heavy atom. The Labute approximate surface area is 184 Å². The molecule has 0 aliphatic carbocycles. The summed E-state index contributed by atoms with van der Waals surface area (Å²) in [7, 11) is -4.07. The molecule has 0 bridgehead atoms. The summed E-state index contributed by atoms with van der Waals surface area (Å²) in [5.74, 6) is -0.766. The zero-order valence-electron chi connectivity index (χ0n) is 16.7. The van der Waals surface area contributed by atoms with E-state index in [0.717, 1.165) is 5.69 Å². The van der Waals surface area contributed by atoms with Gasteiger partial charge in [-0.3, -0.25) is 4.79 Å². The largest absolute Gasteiger partial charge is 0.352 e. The van der Waals surface area contributed by atoms with E-state index in [9.17, 15) is 18.0 Å². The van der Waals surface area contributed by atoms with Crippen LogP contribution in [0.5, 0.6) is 0 Å². The number of nitrogens with two attached hydrogens (primary N) is 1. The van der Waals surface area contributed by atoms with Crippen LogP contribution in [-0.4, -0.2) is 30.1 Å². The molecule has 1 aromatic heterocycles. The second kappa shape index (κ2) is 8.78. The monoisotopic (exact) mass is 461 g/mol. The molecule has 162 valence electrons. The van der Waals surface area contributed by atoms with Crippen LogP contribution >= 0.6 is 11.6 Å². The maximum atomic E-state index is 12.5. The van der Waals surface area contributed by atoms with Crippen LogP contribution < -0.4 is 15.8 Å². The molecule has 0 radical (unpaired) electrons. The minimum Gasteiger partial charge on any atom is -0.352 e. The third-order valence-corrected chi connectivity index (χ3v) is 6.40. The molecule has 2 aromatic carbocycles. The zero-order valence-corrected chi connectivity index (χ0v) is 18.3. The number of nitrogens with zero attached hydrogens (tertiary/aromatic N) is 2. The van der Waals surface area contributed by atoms with Gasteiger partial charge in [0.05, 0.1) is 27.0 Å². The predicted molar refractivity (Wildman–Crippen MR) is 116 cm³/mol. The topological polar surface area (TPSA) is 136 Å². The average molecular weight is 462 g/mol. The summed E-state index contributed by atoms with van der Waals surface area (Å²) < 4.78 is 28.7. The highest BCUT2D eigenvalue weighted by atomic mass is 35.5. The predicted octanol–water partition coefficient (Wildman–Crippen LogP) is 2.43. The highest BCUT2D eigenvalue weighted by Gasteiger charge is 2.19. The van der Waals surface area contributed by atoms with E-state index in [4.69, 9.17) is 17.3 Å². The van der Waals surface area contributed by atoms with E-state index in [2.05, 4.69) is 10.4 Å². The van der Waals surface area contributed by atoms with Crippen LogP contribution in [0.1, 0.15) is 27.3 Å². The second-order valence-electron chi connectivity index (χ2n) is 6.74. The SMILES string of the molecule is Cc1nn(-c2ccc(C(=O)NS(=O)(=O)c3ccc(CNC(N)=O)cc3)cc2)c(C)c1Cl. The number of rotatable bonds is 6. The van der Waals surface area contributed by atoms with Gasteiger partial charge in [-0.2, -0.15) is 5.10 Å². The van der Waals surface area contributed by atoms with Crippen LogP contribution in [0.3, 0.4) is 0 Å². The Kier molecular flexibility index (Phi) is 6.32. The molecule has 0 saturated heterocycles. The second-order valence-corrected chi connectivity index (χ2v) is 8.80. The molecule has 0 atom stereocenters. The van der Waals surface area contributed by atoms with Crippen molar-refractivity contribution in [2.24, 2.45) is 5.73 Å². The van der Waals surface area contributed by atoms with Crippen LogP contribution in [0.4, 0.5) is 4.79 Å². The normalized spacial score (nSPS) is 11.2. The van der Waals surface area contributed by atoms with E-state index in [-0.39, 0.29) is 17.0 Å². The molecule has 0 unspecified atom stereocenters. The Morgan fingerprint density at radius 1 is 1.06 bits per heavy atom. The summed E-state index contributed by atoms with van der Waals surface area (Å²) in [6.45, 7) is 3.78. The van der Waals surface area contributed by atoms with E-state index in [0.29, 0.717) is 22.0 Å². The maximum Gasteiger partial charge on any atom is 0.312 e. The number of sulfonamides is 1. The highest BCUT2D eigenvalue weighted by molar-refractivity contribution is 7.90. The molecule has 3 aromatic rings. The number of carbonyl (C=O) groups excluding carboxylic acids is 2. The molecule has 0 aliphatic rings. The maximum absolute atomic E-state index is 12.5. The number of urea groups is 1. The molecule has 4 N–H and O–H groups in total. The lowest BCUT2D eigenvalue weighted by molar-refractivity contribution is 0.0981. The van der Waals surface area contributed by atoms with E-state index in [1.165, 1.54) is 36.4 Å². The van der Waals surface area contributed by atoms with Crippen molar-refractivity contribution in [3.8, 4) is 5.69 Å². The van der Waals surface area contributed by atoms with Crippen LogP contribution in [0.25, 0.3) is 5.69 Å². The minimum absolute atomic E-state index is 0.0856. The van der Waals surface area contributed by atoms with Crippen LogP contribution in [0.15, 0.2) is 53.4 Å². The molecule has 0 fully saturated rings. The van der Waals surface area contributed by atoms with Gasteiger partial charge in [-0.05, 0) is 55.8 Å². The molecule has 0 spiro atoms. The third-order valence-electron chi connectivity index (χ3n) is 4.50. The number of benzene rings is 2. The standard InChI is InChI=1S/C20H20ClN5O4S/c1-12-18(21)13(2)26(24-12)16-7-5-15(6-8-16)19(27)25-31(29,30)17-9-3-14(4-10-17)11-23-20(22)28/h3-10H,11H2,1-2H3,(H,25,27)(H3,22,23,28). The van der Waals surface area contributed by atoms with Crippen molar-refractivity contribution in [1.29, 1.82) is 0 Å². The summed E-state index contributed by atoms with van der Waals surface area (Å²) in [5.41, 5.74) is 7.96. The lowest BCUT2D eigenvalue weighted by Gasteiger charge is -2.09. The van der Waals surface area contributed by atoms with Crippen molar-refractivity contribution in [2.45, 2.75) is 25.3 Å². The first-order valence-corrected chi connectivity index (χ1v) is 11.0. The van der Waals surface area contributed by atoms with Crippen molar-refractivity contribution < 1.29 is 18.0 Å². The van der Waals surface area contributed by atoms with Gasteiger partial charge in [0.15, 0.2) is 0 Å². The molecule has 3 amide bonds. The molecule has 1 heterocycles. The molecular formula is C20H20ClN5O4S. The van der Waals surface area contributed by atoms with Gasteiger partial charge >= 0.3 is 6.03 Å². The molecule has 9 nitrogen and oxygen atoms in total. The quantitative estimate of drug-likeness (QED) is 0.517. The van der Waals surface area contributed by atoms with Crippen LogP contribution in [0, 0.1) is 13.8 Å². The first kappa shape index (κ1) is 22.3. The van der Waals surface area contributed by atoms with Crippen LogP contribution in [-0.2, 0) is 16.6 Å². The van der Waals surface area contributed by atoms with Gasteiger partial charge in [0.1, 0.15) is 0 Å². The summed E-state index contributed by atoms with van der Waals surface area (Å²) in [4.78, 5) is 23.1. The van der Waals surface area contributed by atoms with Crippen molar-refractivity contribution in [2.75, 3.05) is 0 Å². The Balaban J connectivity index is 1.73. The van der Waals surface area contributed by atoms with Gasteiger partial charge in [-0.15, -0.1) is 0 Å². The lowest BCUT2D eigenvalue weighted by Crippen LogP contribution is -2.30. The fourth-order valence-electron chi connectivity index (χ4n) is 2.84. The molecule has 31 heavy (non-hydrogen) atoms. The number of amides is 3. The van der Waals surface area contributed by atoms with Crippen molar-refractivity contribution in [3.63, 3.8) is 0 Å². The number of nitrogens with one attached hydrogen (secondary N) is 2. The number of primary amides is 1. The van der Waals surface area contributed by atoms with Gasteiger partial charge in [0.25, 0.3) is 15.9 Å². The first-order valence-electron chi connectivity index (χ1n) is 9.10. The lowest BCUT2D eigenvalue weighted by atomic mass is 10.2. The van der Waals surface area contributed by atoms with Gasteiger partial charge < -0.3 is 11.1 Å². The van der Waals surface area contributed by atoms with Gasteiger partial charge in [-0.25, -0.2) is 22.6 Å². The number of aromatic nitrogens is 2. The Morgan fingerprint density at radius 2 is 1.68 bits per heavy atom. The van der Waals surface area contributed by atoms with Crippen molar-refractivity contribution in [3.05, 3.63) is 76.1 Å². The Hall–Kier alpha value is -3.37. The third kappa shape index (κ3) is 5.04. The fraction of sp³-hybridized carbons (Fsp3) is 0.150. The first-order chi connectivity index (χ1) is 14.6. The van der Waals surface area contributed by atoms with E-state index in [1.807, 2.05) is 11.6 Å². The number of hydrogen-bond donors (Lipinski definition) is 3. The molecule has 11 heteroatoms. The van der Waals surface area contributed by atoms with Gasteiger partial charge in [0.2, 0.25) is 0 Å². The highest BCUT2D eigenvalue weighted by Crippen LogP contribution is 2.22. The summed E-state index contributed by atoms with van der Waals surface area (Å²) in [5, 5.41) is 7.31. The fourth-order valence-corrected chi connectivity index (χ4v) is 3.94. The molecule has 3 rings (SSSR count). The number of halogens is 1. The summed E-state index contributed by atoms with van der Waals surface area (Å²) >= 11 is 6.16. The summed E-state index contributed by atoms with van der Waals surface area (Å²) in [6.07, 6.45) is 0. The minimum atomic E-state index is -4.07. The number of carbonyl (C=O) groups is 2. The molecular weight excluding hydrogens is 442 g/mol. The molecule has 0 aliphatic heterocycles. The van der Waals surface area contributed by atoms with Gasteiger partial charge in [0, 0.05) is 12.1 Å². The number of hydrogen-bond acceptors (Lipinski definition) is 5. The Bertz CT molecular complexity index is 1240. The van der Waals surface area contributed by atoms with E-state index < -0.39 is 22.0 Å². The number of aryl methyl sites for hydroxylation is 1. The van der Waals surface area contributed by atoms with Crippen molar-refractivity contribution >= 4 is 33.6 Å².